The fourth-order valence-corrected chi connectivity index (χ4v) is 3.40. The summed E-state index contributed by atoms with van der Waals surface area (Å²) in [4.78, 5) is 21.5. The fraction of sp³-hybridized carbons (Fsp3) is 0.450. The van der Waals surface area contributed by atoms with Crippen LogP contribution in [-0.2, 0) is 11.2 Å². The van der Waals surface area contributed by atoms with Gasteiger partial charge >= 0.3 is 0 Å². The quantitative estimate of drug-likeness (QED) is 0.594. The van der Waals surface area contributed by atoms with E-state index in [0.717, 1.165) is 27.7 Å². The Morgan fingerprint density at radius 1 is 1.12 bits per heavy atom. The van der Waals surface area contributed by atoms with Crippen molar-refractivity contribution in [2.45, 2.75) is 51.7 Å². The van der Waals surface area contributed by atoms with Crippen LogP contribution in [0.2, 0.25) is 0 Å². The van der Waals surface area contributed by atoms with Gasteiger partial charge in [-0.25, -0.2) is 9.97 Å². The number of aryl methyl sites for hydroxylation is 2. The summed E-state index contributed by atoms with van der Waals surface area (Å²) >= 11 is 1.54. The molecule has 1 aromatic carbocycles. The molecule has 1 heterocycles. The Labute approximate surface area is 154 Å². The molecule has 2 rings (SSSR count). The molecule has 2 aromatic rings. The second kappa shape index (κ2) is 8.99. The van der Waals surface area contributed by atoms with Gasteiger partial charge in [0.2, 0.25) is 5.91 Å². The van der Waals surface area contributed by atoms with Crippen molar-refractivity contribution in [1.82, 2.24) is 15.3 Å². The lowest BCUT2D eigenvalue weighted by Gasteiger charge is -2.23. The van der Waals surface area contributed by atoms with Crippen molar-refractivity contribution in [3.8, 4) is 0 Å². The summed E-state index contributed by atoms with van der Waals surface area (Å²) in [5.74, 6) is 0.398. The van der Waals surface area contributed by atoms with Gasteiger partial charge in [-0.1, -0.05) is 55.9 Å². The molecular formula is C20H27N3OS. The van der Waals surface area contributed by atoms with Gasteiger partial charge in [-0.05, 0) is 43.6 Å². The van der Waals surface area contributed by atoms with Crippen LogP contribution in [0.5, 0.6) is 0 Å². The number of carbonyl (C=O) groups is 1. The summed E-state index contributed by atoms with van der Waals surface area (Å²) < 4.78 is 0. The zero-order valence-electron chi connectivity index (χ0n) is 15.7. The van der Waals surface area contributed by atoms with Gasteiger partial charge < -0.3 is 5.32 Å². The number of hydrogen-bond donors (Lipinski definition) is 1. The van der Waals surface area contributed by atoms with Crippen LogP contribution in [0.1, 0.15) is 48.8 Å². The number of benzene rings is 1. The van der Waals surface area contributed by atoms with E-state index in [1.807, 2.05) is 38.3 Å². The predicted octanol–water partition coefficient (Wildman–Crippen LogP) is 4.26. The van der Waals surface area contributed by atoms with Gasteiger partial charge in [0.15, 0.2) is 5.16 Å². The lowest BCUT2D eigenvalue weighted by molar-refractivity contribution is -0.122. The van der Waals surface area contributed by atoms with E-state index in [1.54, 1.807) is 0 Å². The summed E-state index contributed by atoms with van der Waals surface area (Å²) in [7, 11) is 0. The maximum atomic E-state index is 12.5. The molecule has 1 N–H and O–H groups in total. The molecule has 4 nitrogen and oxygen atoms in total. The molecule has 0 aliphatic heterocycles. The van der Waals surface area contributed by atoms with Crippen molar-refractivity contribution < 1.29 is 4.79 Å². The van der Waals surface area contributed by atoms with Gasteiger partial charge in [0.25, 0.3) is 0 Å². The predicted molar refractivity (Wildman–Crippen MR) is 104 cm³/mol. The molecule has 1 atom stereocenters. The van der Waals surface area contributed by atoms with Crippen LogP contribution >= 0.6 is 11.8 Å². The minimum Gasteiger partial charge on any atom is -0.349 e. The Morgan fingerprint density at radius 3 is 2.24 bits per heavy atom. The third-order valence-corrected chi connectivity index (χ3v) is 4.87. The first-order valence-electron chi connectivity index (χ1n) is 8.64. The highest BCUT2D eigenvalue weighted by atomic mass is 32.2. The summed E-state index contributed by atoms with van der Waals surface area (Å²) in [6.45, 7) is 8.23. The molecule has 5 heteroatoms. The number of amides is 1. The van der Waals surface area contributed by atoms with Gasteiger partial charge in [0.1, 0.15) is 0 Å². The summed E-state index contributed by atoms with van der Waals surface area (Å²) in [5.41, 5.74) is 4.15. The molecule has 0 unspecified atom stereocenters. The summed E-state index contributed by atoms with van der Waals surface area (Å²) in [6.07, 6.45) is 3.08. The smallest absolute Gasteiger partial charge is 0.220 e. The number of nitrogens with zero attached hydrogens (tertiary/aromatic N) is 2. The summed E-state index contributed by atoms with van der Waals surface area (Å²) in [5, 5.41) is 3.97. The maximum absolute atomic E-state index is 12.5. The lowest BCUT2D eigenvalue weighted by atomic mass is 9.95. The highest BCUT2D eigenvalue weighted by Gasteiger charge is 2.18. The molecular weight excluding hydrogens is 330 g/mol. The lowest BCUT2D eigenvalue weighted by Crippen LogP contribution is -2.32. The van der Waals surface area contributed by atoms with Crippen LogP contribution in [0.25, 0.3) is 0 Å². The van der Waals surface area contributed by atoms with E-state index >= 15 is 0 Å². The van der Waals surface area contributed by atoms with Gasteiger partial charge in [0.05, 0.1) is 6.04 Å². The molecule has 0 bridgehead atoms. The standard InChI is InChI=1S/C20H27N3OS/c1-13(2)19(16-9-7-6-8-10-16)23-18(24)12-11-17-14(3)21-20(25-5)22-15(17)4/h6-10,13,19H,11-12H2,1-5H3,(H,23,24)/t19-/m1/s1. The van der Waals surface area contributed by atoms with Crippen molar-refractivity contribution in [1.29, 1.82) is 0 Å². The van der Waals surface area contributed by atoms with Crippen LogP contribution < -0.4 is 5.32 Å². The molecule has 0 aliphatic rings. The molecule has 0 fully saturated rings. The third-order valence-electron chi connectivity index (χ3n) is 4.33. The SMILES string of the molecule is CSc1nc(C)c(CCC(=O)N[C@@H](c2ccccc2)C(C)C)c(C)n1. The molecule has 0 saturated heterocycles. The highest BCUT2D eigenvalue weighted by Crippen LogP contribution is 2.22. The summed E-state index contributed by atoms with van der Waals surface area (Å²) in [6, 6.07) is 10.2. The maximum Gasteiger partial charge on any atom is 0.220 e. The van der Waals surface area contributed by atoms with Gasteiger partial charge in [-0.15, -0.1) is 0 Å². The fourth-order valence-electron chi connectivity index (χ4n) is 2.94. The number of hydrogen-bond acceptors (Lipinski definition) is 4. The molecule has 134 valence electrons. The van der Waals surface area contributed by atoms with E-state index in [2.05, 4.69) is 41.3 Å². The van der Waals surface area contributed by atoms with E-state index < -0.39 is 0 Å². The van der Waals surface area contributed by atoms with E-state index in [4.69, 9.17) is 0 Å². The van der Waals surface area contributed by atoms with E-state index in [0.29, 0.717) is 18.8 Å². The average molecular weight is 358 g/mol. The van der Waals surface area contributed by atoms with Crippen LogP contribution in [0.3, 0.4) is 0 Å². The van der Waals surface area contributed by atoms with Gasteiger partial charge in [-0.2, -0.15) is 0 Å². The number of carbonyl (C=O) groups excluding carboxylic acids is 1. The molecule has 1 aromatic heterocycles. The van der Waals surface area contributed by atoms with Crippen molar-refractivity contribution in [3.63, 3.8) is 0 Å². The molecule has 1 amide bonds. The zero-order chi connectivity index (χ0) is 18.4. The zero-order valence-corrected chi connectivity index (χ0v) is 16.5. The molecule has 25 heavy (non-hydrogen) atoms. The average Bonchev–Trinajstić information content (AvgIpc) is 2.59. The first-order chi connectivity index (χ1) is 11.9. The first kappa shape index (κ1) is 19.4. The minimum atomic E-state index is 0.0333. The largest absolute Gasteiger partial charge is 0.349 e. The molecule has 0 saturated carbocycles. The van der Waals surface area contributed by atoms with Crippen molar-refractivity contribution >= 4 is 17.7 Å². The second-order valence-corrected chi connectivity index (χ2v) is 7.33. The van der Waals surface area contributed by atoms with Crippen LogP contribution in [-0.4, -0.2) is 22.1 Å². The molecule has 0 aliphatic carbocycles. The van der Waals surface area contributed by atoms with Crippen molar-refractivity contribution in [2.24, 2.45) is 5.92 Å². The number of aromatic nitrogens is 2. The number of thioether (sulfide) groups is 1. The Hall–Kier alpha value is -1.88. The van der Waals surface area contributed by atoms with E-state index in [1.165, 1.54) is 11.8 Å². The third kappa shape index (κ3) is 5.30. The molecule has 0 radical (unpaired) electrons. The number of rotatable bonds is 7. The van der Waals surface area contributed by atoms with E-state index in [-0.39, 0.29) is 11.9 Å². The Morgan fingerprint density at radius 2 is 1.72 bits per heavy atom. The Bertz CT molecular complexity index is 693. The Kier molecular flexibility index (Phi) is 7.00. The molecule has 0 spiro atoms. The van der Waals surface area contributed by atoms with E-state index in [9.17, 15) is 4.79 Å². The normalized spacial score (nSPS) is 12.2. The van der Waals surface area contributed by atoms with Gasteiger partial charge in [0, 0.05) is 17.8 Å². The first-order valence-corrected chi connectivity index (χ1v) is 9.87. The minimum absolute atomic E-state index is 0.0333. The van der Waals surface area contributed by atoms with Crippen LogP contribution in [0.15, 0.2) is 35.5 Å². The Balaban J connectivity index is 2.03. The van der Waals surface area contributed by atoms with Crippen LogP contribution in [0, 0.1) is 19.8 Å². The topological polar surface area (TPSA) is 54.9 Å². The van der Waals surface area contributed by atoms with Crippen molar-refractivity contribution in [3.05, 3.63) is 52.8 Å². The second-order valence-electron chi connectivity index (χ2n) is 6.56. The van der Waals surface area contributed by atoms with Crippen LogP contribution in [0.4, 0.5) is 0 Å². The van der Waals surface area contributed by atoms with Crippen molar-refractivity contribution in [2.75, 3.05) is 6.26 Å². The van der Waals surface area contributed by atoms with Gasteiger partial charge in [-0.3, -0.25) is 4.79 Å². The number of nitrogens with one attached hydrogen (secondary N) is 1. The highest BCUT2D eigenvalue weighted by molar-refractivity contribution is 7.98. The monoisotopic (exact) mass is 357 g/mol.